The predicted molar refractivity (Wildman–Crippen MR) is 143 cm³/mol. The average molecular weight is 495 g/mol. The second kappa shape index (κ2) is 9.24. The summed E-state index contributed by atoms with van der Waals surface area (Å²) in [5.41, 5.74) is 5.05. The van der Waals surface area contributed by atoms with E-state index < -0.39 is 5.92 Å². The Balaban J connectivity index is 1.42. The fraction of sp³-hybridized carbons (Fsp3) is 0.207. The van der Waals surface area contributed by atoms with Crippen LogP contribution in [-0.4, -0.2) is 27.0 Å². The molecule has 3 aromatic carbocycles. The zero-order valence-corrected chi connectivity index (χ0v) is 21.0. The van der Waals surface area contributed by atoms with Gasteiger partial charge in [-0.3, -0.25) is 9.69 Å². The van der Waals surface area contributed by atoms with Gasteiger partial charge in [-0.15, -0.1) is 0 Å². The van der Waals surface area contributed by atoms with Gasteiger partial charge in [0.15, 0.2) is 5.13 Å². The number of rotatable bonds is 6. The van der Waals surface area contributed by atoms with Crippen LogP contribution in [0, 0.1) is 13.8 Å². The van der Waals surface area contributed by atoms with Gasteiger partial charge in [-0.1, -0.05) is 53.8 Å². The Labute approximate surface area is 213 Å². The van der Waals surface area contributed by atoms with Gasteiger partial charge in [0, 0.05) is 36.6 Å². The maximum absolute atomic E-state index is 14.5. The first-order chi connectivity index (χ1) is 17.6. The lowest BCUT2D eigenvalue weighted by Crippen LogP contribution is -2.37. The molecule has 36 heavy (non-hydrogen) atoms. The molecule has 0 saturated heterocycles. The van der Waals surface area contributed by atoms with Crippen LogP contribution >= 0.6 is 11.3 Å². The molecule has 1 aliphatic heterocycles. The lowest BCUT2D eigenvalue weighted by molar-refractivity contribution is -0.119. The largest absolute Gasteiger partial charge is 0.457 e. The number of amides is 1. The minimum absolute atomic E-state index is 0.0114. The van der Waals surface area contributed by atoms with Gasteiger partial charge in [0.25, 0.3) is 0 Å². The normalized spacial score (nSPS) is 12.7. The molecular formula is C29H26N4O2S. The van der Waals surface area contributed by atoms with Crippen molar-refractivity contribution in [3.05, 3.63) is 102 Å². The molecule has 0 aliphatic carbocycles. The third-order valence-corrected chi connectivity index (χ3v) is 7.82. The number of aromatic nitrogens is 3. The maximum Gasteiger partial charge on any atom is 0.241 e. The van der Waals surface area contributed by atoms with Crippen molar-refractivity contribution in [2.24, 2.45) is 0 Å². The average Bonchev–Trinajstić information content (AvgIpc) is 3.55. The Morgan fingerprint density at radius 1 is 1.06 bits per heavy atom. The second-order valence-corrected chi connectivity index (χ2v) is 10.2. The van der Waals surface area contributed by atoms with Crippen LogP contribution in [0.25, 0.3) is 10.2 Å². The Hall–Kier alpha value is -3.97. The summed E-state index contributed by atoms with van der Waals surface area (Å²) >= 11 is 1.59. The number of para-hydroxylation sites is 2. The second-order valence-electron chi connectivity index (χ2n) is 9.18. The first kappa shape index (κ1) is 22.5. The lowest BCUT2D eigenvalue weighted by Gasteiger charge is -2.31. The molecule has 0 unspecified atom stereocenters. The number of hydrogen-bond acceptors (Lipinski definition) is 5. The van der Waals surface area contributed by atoms with Crippen LogP contribution in [-0.2, 0) is 11.3 Å². The van der Waals surface area contributed by atoms with Gasteiger partial charge in [-0.05, 0) is 49.6 Å². The molecule has 3 heterocycles. The zero-order chi connectivity index (χ0) is 24.6. The predicted octanol–water partition coefficient (Wildman–Crippen LogP) is 6.47. The SMILES string of the molecule is Cc1cc(C)c2sc(N(CCCn3ccnc3)C(=O)C3c4ccccc4Oc4ccccc43)nc2c1. The van der Waals surface area contributed by atoms with Crippen LogP contribution in [0.4, 0.5) is 5.13 Å². The van der Waals surface area contributed by atoms with Crippen molar-refractivity contribution in [2.45, 2.75) is 32.7 Å². The van der Waals surface area contributed by atoms with E-state index in [1.807, 2.05) is 64.2 Å². The van der Waals surface area contributed by atoms with Crippen LogP contribution in [0.15, 0.2) is 79.4 Å². The third-order valence-electron chi connectivity index (χ3n) is 6.59. The fourth-order valence-corrected chi connectivity index (χ4v) is 5.99. The Morgan fingerprint density at radius 2 is 1.78 bits per heavy atom. The topological polar surface area (TPSA) is 60.2 Å². The number of thiazole rings is 1. The number of nitrogens with zero attached hydrogens (tertiary/aromatic N) is 4. The number of anilines is 1. The third kappa shape index (κ3) is 4.05. The summed E-state index contributed by atoms with van der Waals surface area (Å²) in [6.45, 7) is 5.51. The number of hydrogen-bond donors (Lipinski definition) is 0. The molecule has 1 amide bonds. The van der Waals surface area contributed by atoms with Gasteiger partial charge < -0.3 is 9.30 Å². The van der Waals surface area contributed by atoms with Gasteiger partial charge in [0.2, 0.25) is 5.91 Å². The number of fused-ring (bicyclic) bond motifs is 3. The molecule has 6 nitrogen and oxygen atoms in total. The number of ether oxygens (including phenoxy) is 1. The van der Waals surface area contributed by atoms with E-state index in [0.717, 1.165) is 50.9 Å². The van der Waals surface area contributed by atoms with Crippen LogP contribution in [0.2, 0.25) is 0 Å². The summed E-state index contributed by atoms with van der Waals surface area (Å²) in [4.78, 5) is 25.4. The van der Waals surface area contributed by atoms with E-state index in [4.69, 9.17) is 9.72 Å². The Bertz CT molecular complexity index is 1510. The fourth-order valence-electron chi connectivity index (χ4n) is 4.94. The smallest absolute Gasteiger partial charge is 0.241 e. The molecule has 0 spiro atoms. The summed E-state index contributed by atoms with van der Waals surface area (Å²) in [5, 5.41) is 0.732. The number of carbonyl (C=O) groups is 1. The van der Waals surface area contributed by atoms with Gasteiger partial charge in [0.05, 0.1) is 22.5 Å². The highest BCUT2D eigenvalue weighted by molar-refractivity contribution is 7.22. The van der Waals surface area contributed by atoms with Gasteiger partial charge in [-0.2, -0.15) is 0 Å². The molecule has 2 aromatic heterocycles. The summed E-state index contributed by atoms with van der Waals surface area (Å²) in [7, 11) is 0. The van der Waals surface area contributed by atoms with Crippen LogP contribution in [0.5, 0.6) is 11.5 Å². The monoisotopic (exact) mass is 494 g/mol. The van der Waals surface area contributed by atoms with Gasteiger partial charge >= 0.3 is 0 Å². The molecule has 180 valence electrons. The van der Waals surface area contributed by atoms with Crippen LogP contribution in [0.3, 0.4) is 0 Å². The number of benzene rings is 3. The van der Waals surface area contributed by atoms with Crippen molar-refractivity contribution in [1.82, 2.24) is 14.5 Å². The van der Waals surface area contributed by atoms with E-state index in [1.54, 1.807) is 23.9 Å². The van der Waals surface area contributed by atoms with Crippen molar-refractivity contribution < 1.29 is 9.53 Å². The molecule has 0 radical (unpaired) electrons. The summed E-state index contributed by atoms with van der Waals surface area (Å²) < 4.78 is 9.31. The summed E-state index contributed by atoms with van der Waals surface area (Å²) in [6.07, 6.45) is 6.31. The van der Waals surface area contributed by atoms with E-state index in [1.165, 1.54) is 11.1 Å². The molecule has 0 fully saturated rings. The van der Waals surface area contributed by atoms with E-state index in [2.05, 4.69) is 31.0 Å². The Kier molecular flexibility index (Phi) is 5.77. The van der Waals surface area contributed by atoms with Crippen molar-refractivity contribution in [1.29, 1.82) is 0 Å². The van der Waals surface area contributed by atoms with Crippen molar-refractivity contribution in [3.63, 3.8) is 0 Å². The highest BCUT2D eigenvalue weighted by atomic mass is 32.1. The van der Waals surface area contributed by atoms with Crippen LogP contribution < -0.4 is 9.64 Å². The zero-order valence-electron chi connectivity index (χ0n) is 20.2. The molecule has 6 rings (SSSR count). The van der Waals surface area contributed by atoms with E-state index in [9.17, 15) is 4.79 Å². The quantitative estimate of drug-likeness (QED) is 0.271. The highest BCUT2D eigenvalue weighted by Gasteiger charge is 2.36. The highest BCUT2D eigenvalue weighted by Crippen LogP contribution is 2.45. The van der Waals surface area contributed by atoms with Gasteiger partial charge in [0.1, 0.15) is 11.5 Å². The minimum Gasteiger partial charge on any atom is -0.457 e. The molecule has 1 aliphatic rings. The van der Waals surface area contributed by atoms with E-state index in [-0.39, 0.29) is 5.91 Å². The van der Waals surface area contributed by atoms with Crippen LogP contribution in [0.1, 0.15) is 34.6 Å². The molecule has 7 heteroatoms. The van der Waals surface area contributed by atoms with Crippen molar-refractivity contribution in [3.8, 4) is 11.5 Å². The molecule has 0 N–H and O–H groups in total. The van der Waals surface area contributed by atoms with E-state index >= 15 is 0 Å². The molecule has 0 bridgehead atoms. The number of carbonyl (C=O) groups excluding carboxylic acids is 1. The minimum atomic E-state index is -0.464. The van der Waals surface area contributed by atoms with Gasteiger partial charge in [-0.25, -0.2) is 9.97 Å². The van der Waals surface area contributed by atoms with E-state index in [0.29, 0.717) is 6.54 Å². The first-order valence-electron chi connectivity index (χ1n) is 12.1. The van der Waals surface area contributed by atoms with Crippen molar-refractivity contribution in [2.75, 3.05) is 11.4 Å². The maximum atomic E-state index is 14.5. The molecule has 0 atom stereocenters. The summed E-state index contributed by atoms with van der Waals surface area (Å²) in [5.74, 6) is 0.999. The number of aryl methyl sites for hydroxylation is 3. The van der Waals surface area contributed by atoms with Crippen molar-refractivity contribution >= 4 is 32.6 Å². The molecular weight excluding hydrogens is 468 g/mol. The first-order valence-corrected chi connectivity index (χ1v) is 12.9. The molecule has 0 saturated carbocycles. The Morgan fingerprint density at radius 3 is 2.47 bits per heavy atom. The standard InChI is InChI=1S/C29H26N4O2S/c1-19-16-20(2)27-23(17-19)31-29(36-27)33(14-7-13-32-15-12-30-18-32)28(34)26-21-8-3-5-10-24(21)35-25-11-6-4-9-22(25)26/h3-6,8-12,15-18,26H,7,13-14H2,1-2H3. The number of imidazole rings is 1. The molecule has 5 aromatic rings. The lowest BCUT2D eigenvalue weighted by atomic mass is 9.87. The summed E-state index contributed by atoms with van der Waals surface area (Å²) in [6, 6.07) is 19.9.